The Morgan fingerprint density at radius 3 is 2.66 bits per heavy atom. The van der Waals surface area contributed by atoms with Crippen LogP contribution in [0, 0.1) is 0 Å². The number of azo groups is 1. The fraction of sp³-hybridized carbons (Fsp3) is 0.263. The zero-order chi connectivity index (χ0) is 21.0. The summed E-state index contributed by atoms with van der Waals surface area (Å²) in [6, 6.07) is 11.4. The molecule has 10 heteroatoms. The lowest BCUT2D eigenvalue weighted by Crippen LogP contribution is -2.27. The van der Waals surface area contributed by atoms with E-state index < -0.39 is 10.0 Å². The number of nitrogens with one attached hydrogen (secondary N) is 2. The summed E-state index contributed by atoms with van der Waals surface area (Å²) in [7, 11) is 0.172. The lowest BCUT2D eigenvalue weighted by molar-refractivity contribution is 0.400. The van der Waals surface area contributed by atoms with E-state index in [1.54, 1.807) is 30.3 Å². The van der Waals surface area contributed by atoms with Crippen LogP contribution in [0.3, 0.4) is 0 Å². The van der Waals surface area contributed by atoms with E-state index >= 15 is 0 Å². The first-order chi connectivity index (χ1) is 13.8. The van der Waals surface area contributed by atoms with Crippen LogP contribution < -0.4 is 4.72 Å². The Balaban J connectivity index is 1.89. The topological polar surface area (TPSA) is 110 Å². The fourth-order valence-corrected chi connectivity index (χ4v) is 4.01. The Morgan fingerprint density at radius 2 is 1.93 bits per heavy atom. The Labute approximate surface area is 174 Å². The maximum absolute atomic E-state index is 12.6. The molecule has 0 aliphatic carbocycles. The van der Waals surface area contributed by atoms with E-state index in [1.165, 1.54) is 12.1 Å². The largest absolute Gasteiger partial charge is 0.493 e. The van der Waals surface area contributed by atoms with Crippen molar-refractivity contribution in [1.82, 2.24) is 14.6 Å². The van der Waals surface area contributed by atoms with Crippen molar-refractivity contribution in [3.63, 3.8) is 0 Å². The molecule has 0 aliphatic heterocycles. The minimum Gasteiger partial charge on any atom is -0.493 e. The zero-order valence-corrected chi connectivity index (χ0v) is 17.6. The molecule has 0 radical (unpaired) electrons. The van der Waals surface area contributed by atoms with Gasteiger partial charge in [0.1, 0.15) is 5.69 Å². The number of nitrogens with zero attached hydrogens (tertiary/aromatic N) is 3. The fourth-order valence-electron chi connectivity index (χ4n) is 2.73. The summed E-state index contributed by atoms with van der Waals surface area (Å²) < 4.78 is 27.8. The summed E-state index contributed by atoms with van der Waals surface area (Å²) >= 11 is 6.07. The Bertz CT molecular complexity index is 1140. The first-order valence-electron chi connectivity index (χ1n) is 8.93. The van der Waals surface area contributed by atoms with Gasteiger partial charge in [0, 0.05) is 11.9 Å². The molecule has 0 unspecified atom stereocenters. The van der Waals surface area contributed by atoms with Gasteiger partial charge < -0.3 is 15.0 Å². The van der Waals surface area contributed by atoms with E-state index in [-0.39, 0.29) is 16.5 Å². The van der Waals surface area contributed by atoms with Crippen molar-refractivity contribution in [2.45, 2.75) is 11.3 Å². The molecule has 1 heterocycles. The lowest BCUT2D eigenvalue weighted by atomic mass is 10.2. The van der Waals surface area contributed by atoms with Gasteiger partial charge in [0.15, 0.2) is 5.69 Å². The number of hydrogen-bond donors (Lipinski definition) is 3. The quantitative estimate of drug-likeness (QED) is 0.364. The molecule has 29 heavy (non-hydrogen) atoms. The Hall–Kier alpha value is -2.46. The molecule has 0 spiro atoms. The molecule has 0 bridgehead atoms. The first kappa shape index (κ1) is 21.3. The van der Waals surface area contributed by atoms with Crippen molar-refractivity contribution in [3.05, 3.63) is 47.5 Å². The number of H-pyrrole nitrogens is 1. The molecule has 0 aliphatic rings. The number of sulfonamides is 1. The van der Waals surface area contributed by atoms with Crippen LogP contribution in [0.25, 0.3) is 10.9 Å². The standard InChI is InChI=1S/C19H22ClN5O3S/c1-25(2)11-5-10-21-29(27,28)13-8-9-16-14(12-13)18(19(26)22-16)24-23-17-7-4-3-6-15(17)20/h3-4,6-9,12,21-22,26H,5,10-11H2,1-2H3. The lowest BCUT2D eigenvalue weighted by Gasteiger charge is -2.10. The van der Waals surface area contributed by atoms with Gasteiger partial charge in [-0.25, -0.2) is 13.1 Å². The van der Waals surface area contributed by atoms with Crippen molar-refractivity contribution in [1.29, 1.82) is 0 Å². The second-order valence-electron chi connectivity index (χ2n) is 6.74. The van der Waals surface area contributed by atoms with Gasteiger partial charge in [0.05, 0.1) is 15.4 Å². The van der Waals surface area contributed by atoms with Gasteiger partial charge in [-0.05, 0) is 57.4 Å². The maximum Gasteiger partial charge on any atom is 0.240 e. The third-order valence-electron chi connectivity index (χ3n) is 4.22. The second kappa shape index (κ2) is 8.91. The second-order valence-corrected chi connectivity index (χ2v) is 8.91. The maximum atomic E-state index is 12.6. The van der Waals surface area contributed by atoms with Crippen molar-refractivity contribution in [3.8, 4) is 5.88 Å². The summed E-state index contributed by atoms with van der Waals surface area (Å²) in [5, 5.41) is 19.2. The van der Waals surface area contributed by atoms with E-state index in [2.05, 4.69) is 19.9 Å². The number of halogens is 1. The highest BCUT2D eigenvalue weighted by molar-refractivity contribution is 7.89. The van der Waals surface area contributed by atoms with Gasteiger partial charge in [0.2, 0.25) is 15.9 Å². The van der Waals surface area contributed by atoms with E-state index in [4.69, 9.17) is 11.6 Å². The normalized spacial score (nSPS) is 12.4. The SMILES string of the molecule is CN(C)CCCNS(=O)(=O)c1ccc2[nH]c(O)c(N=Nc3ccccc3Cl)c2c1. The van der Waals surface area contributed by atoms with Gasteiger partial charge in [0.25, 0.3) is 0 Å². The molecule has 3 rings (SSSR count). The average Bonchev–Trinajstić information content (AvgIpc) is 2.99. The van der Waals surface area contributed by atoms with Gasteiger partial charge in [-0.3, -0.25) is 0 Å². The van der Waals surface area contributed by atoms with E-state index in [1.807, 2.05) is 19.0 Å². The molecule has 2 aromatic carbocycles. The van der Waals surface area contributed by atoms with Crippen LogP contribution in [0.4, 0.5) is 11.4 Å². The number of rotatable bonds is 8. The third-order valence-corrected chi connectivity index (χ3v) is 6.00. The van der Waals surface area contributed by atoms with E-state index in [9.17, 15) is 13.5 Å². The van der Waals surface area contributed by atoms with Crippen LogP contribution in [0.5, 0.6) is 5.88 Å². The van der Waals surface area contributed by atoms with E-state index in [0.29, 0.717) is 34.6 Å². The van der Waals surface area contributed by atoms with Gasteiger partial charge >= 0.3 is 0 Å². The predicted octanol–water partition coefficient (Wildman–Crippen LogP) is 4.17. The highest BCUT2D eigenvalue weighted by atomic mass is 35.5. The summed E-state index contributed by atoms with van der Waals surface area (Å²) in [6.45, 7) is 1.11. The zero-order valence-electron chi connectivity index (χ0n) is 16.1. The molecule has 0 fully saturated rings. The molecule has 0 atom stereocenters. The third kappa shape index (κ3) is 5.13. The molecule has 0 amide bonds. The Morgan fingerprint density at radius 1 is 1.17 bits per heavy atom. The molecule has 1 aromatic heterocycles. The average molecular weight is 436 g/mol. The van der Waals surface area contributed by atoms with E-state index in [0.717, 1.165) is 6.54 Å². The molecule has 3 N–H and O–H groups in total. The number of aromatic hydroxyl groups is 1. The van der Waals surface area contributed by atoms with Gasteiger partial charge in [-0.15, -0.1) is 10.2 Å². The Kier molecular flexibility index (Phi) is 6.53. The van der Waals surface area contributed by atoms with Crippen LogP contribution >= 0.6 is 11.6 Å². The summed E-state index contributed by atoms with van der Waals surface area (Å²) in [4.78, 5) is 4.84. The number of aromatic nitrogens is 1. The molecular formula is C19H22ClN5O3S. The molecule has 3 aromatic rings. The van der Waals surface area contributed by atoms with Crippen molar-refractivity contribution in [2.24, 2.45) is 10.2 Å². The van der Waals surface area contributed by atoms with Crippen LogP contribution in [-0.2, 0) is 10.0 Å². The van der Waals surface area contributed by atoms with Crippen LogP contribution in [0.1, 0.15) is 6.42 Å². The minimum absolute atomic E-state index is 0.0862. The molecule has 0 saturated heterocycles. The van der Waals surface area contributed by atoms with Crippen molar-refractivity contribution < 1.29 is 13.5 Å². The van der Waals surface area contributed by atoms with Crippen LogP contribution in [0.2, 0.25) is 5.02 Å². The number of benzene rings is 2. The number of hydrogen-bond acceptors (Lipinski definition) is 6. The number of fused-ring (bicyclic) bond motifs is 1. The van der Waals surface area contributed by atoms with Crippen LogP contribution in [0.15, 0.2) is 57.6 Å². The highest BCUT2D eigenvalue weighted by Crippen LogP contribution is 2.38. The monoisotopic (exact) mass is 435 g/mol. The predicted molar refractivity (Wildman–Crippen MR) is 114 cm³/mol. The van der Waals surface area contributed by atoms with Crippen molar-refractivity contribution >= 4 is 43.9 Å². The molecule has 8 nitrogen and oxygen atoms in total. The first-order valence-corrected chi connectivity index (χ1v) is 10.8. The summed E-state index contributed by atoms with van der Waals surface area (Å²) in [5.41, 5.74) is 1.13. The number of aromatic amines is 1. The smallest absolute Gasteiger partial charge is 0.240 e. The summed E-state index contributed by atoms with van der Waals surface area (Å²) in [5.74, 6) is -0.204. The molecular weight excluding hydrogens is 414 g/mol. The minimum atomic E-state index is -3.69. The summed E-state index contributed by atoms with van der Waals surface area (Å²) in [6.07, 6.45) is 0.691. The van der Waals surface area contributed by atoms with Gasteiger partial charge in [-0.1, -0.05) is 23.7 Å². The van der Waals surface area contributed by atoms with Crippen LogP contribution in [-0.4, -0.2) is 50.6 Å². The molecule has 0 saturated carbocycles. The molecule has 154 valence electrons. The van der Waals surface area contributed by atoms with Gasteiger partial charge in [-0.2, -0.15) is 0 Å². The highest BCUT2D eigenvalue weighted by Gasteiger charge is 2.18. The van der Waals surface area contributed by atoms with Crippen molar-refractivity contribution in [2.75, 3.05) is 27.2 Å².